The third-order valence-electron chi connectivity index (χ3n) is 3.07. The van der Waals surface area contributed by atoms with E-state index in [0.29, 0.717) is 11.3 Å². The van der Waals surface area contributed by atoms with E-state index >= 15 is 0 Å². The average Bonchev–Trinajstić information content (AvgIpc) is 2.40. The molecule has 0 unspecified atom stereocenters. The molecule has 0 radical (unpaired) electrons. The Balaban J connectivity index is 2.65. The van der Waals surface area contributed by atoms with Crippen LogP contribution in [0.2, 0.25) is 0 Å². The van der Waals surface area contributed by atoms with Gasteiger partial charge < -0.3 is 5.11 Å². The summed E-state index contributed by atoms with van der Waals surface area (Å²) >= 11 is 0. The van der Waals surface area contributed by atoms with Crippen molar-refractivity contribution in [2.45, 2.75) is 19.4 Å². The van der Waals surface area contributed by atoms with Gasteiger partial charge in [0, 0.05) is 24.7 Å². The molecule has 110 valence electrons. The zero-order chi connectivity index (χ0) is 15.8. The van der Waals surface area contributed by atoms with Crippen LogP contribution in [0, 0.1) is 10.1 Å². The second-order valence-electron chi connectivity index (χ2n) is 5.24. The van der Waals surface area contributed by atoms with E-state index in [0.717, 1.165) is 4.68 Å². The third-order valence-corrected chi connectivity index (χ3v) is 3.07. The van der Waals surface area contributed by atoms with Crippen molar-refractivity contribution in [2.24, 2.45) is 7.05 Å². The Kier molecular flexibility index (Phi) is 3.61. The van der Waals surface area contributed by atoms with Crippen molar-refractivity contribution >= 4 is 5.69 Å². The van der Waals surface area contributed by atoms with Gasteiger partial charge in [-0.05, 0) is 19.9 Å². The maximum atomic E-state index is 12.0. The van der Waals surface area contributed by atoms with E-state index in [1.54, 1.807) is 12.1 Å². The summed E-state index contributed by atoms with van der Waals surface area (Å²) in [5.74, 6) is 0. The van der Waals surface area contributed by atoms with Crippen LogP contribution in [0.15, 0.2) is 35.1 Å². The lowest BCUT2D eigenvalue weighted by atomic mass is 9.98. The topological polar surface area (TPSA) is 98.3 Å². The minimum atomic E-state index is -1.33. The molecule has 2 aromatic rings. The maximum absolute atomic E-state index is 12.0. The van der Waals surface area contributed by atoms with Gasteiger partial charge in [0.25, 0.3) is 11.2 Å². The van der Waals surface area contributed by atoms with Crippen LogP contribution in [0.25, 0.3) is 11.3 Å². The van der Waals surface area contributed by atoms with Crippen LogP contribution < -0.4 is 5.56 Å². The molecule has 1 N–H and O–H groups in total. The first-order chi connectivity index (χ1) is 9.70. The van der Waals surface area contributed by atoms with Crippen molar-refractivity contribution in [3.05, 3.63) is 56.4 Å². The summed E-state index contributed by atoms with van der Waals surface area (Å²) in [6, 6.07) is 7.42. The first-order valence-electron chi connectivity index (χ1n) is 6.26. The molecule has 0 saturated carbocycles. The molecule has 1 heterocycles. The maximum Gasteiger partial charge on any atom is 0.272 e. The number of rotatable bonds is 3. The molecule has 0 aliphatic rings. The van der Waals surface area contributed by atoms with E-state index in [4.69, 9.17) is 0 Å². The molecule has 1 aromatic heterocycles. The summed E-state index contributed by atoms with van der Waals surface area (Å²) in [4.78, 5) is 22.3. The number of benzene rings is 1. The zero-order valence-corrected chi connectivity index (χ0v) is 11.9. The fraction of sp³-hybridized carbons (Fsp3) is 0.286. The van der Waals surface area contributed by atoms with Gasteiger partial charge in [0.15, 0.2) is 0 Å². The molecular weight excluding hydrogens is 274 g/mol. The summed E-state index contributed by atoms with van der Waals surface area (Å²) < 4.78 is 1.11. The lowest BCUT2D eigenvalue weighted by molar-refractivity contribution is -0.384. The normalized spacial score (nSPS) is 11.4. The Morgan fingerprint density at radius 3 is 2.57 bits per heavy atom. The lowest BCUT2D eigenvalue weighted by Gasteiger charge is -2.18. The van der Waals surface area contributed by atoms with Crippen molar-refractivity contribution in [3.8, 4) is 11.3 Å². The Labute approximate surface area is 120 Å². The Morgan fingerprint density at radius 2 is 2.00 bits per heavy atom. The van der Waals surface area contributed by atoms with E-state index in [9.17, 15) is 20.0 Å². The van der Waals surface area contributed by atoms with Crippen molar-refractivity contribution < 1.29 is 10.0 Å². The molecule has 0 bridgehead atoms. The van der Waals surface area contributed by atoms with Crippen molar-refractivity contribution in [1.29, 1.82) is 0 Å². The fourth-order valence-corrected chi connectivity index (χ4v) is 1.97. The van der Waals surface area contributed by atoms with E-state index < -0.39 is 16.1 Å². The SMILES string of the molecule is Cn1nc(-c2cccc([N+](=O)[O-])c2)cc(C(C)(C)O)c1=O. The first kappa shape index (κ1) is 14.9. The second-order valence-corrected chi connectivity index (χ2v) is 5.24. The molecule has 0 aliphatic heterocycles. The minimum absolute atomic E-state index is 0.0621. The van der Waals surface area contributed by atoms with Gasteiger partial charge in [-0.15, -0.1) is 0 Å². The van der Waals surface area contributed by atoms with E-state index in [1.165, 1.54) is 39.1 Å². The number of nitro groups is 1. The van der Waals surface area contributed by atoms with Crippen LogP contribution in [0.3, 0.4) is 0 Å². The van der Waals surface area contributed by atoms with Gasteiger partial charge in [-0.25, -0.2) is 4.68 Å². The summed E-state index contributed by atoms with van der Waals surface area (Å²) in [6.07, 6.45) is 0. The third kappa shape index (κ3) is 2.97. The molecule has 1 aromatic carbocycles. The highest BCUT2D eigenvalue weighted by molar-refractivity contribution is 5.62. The predicted octanol–water partition coefficient (Wildman–Crippen LogP) is 1.58. The summed E-state index contributed by atoms with van der Waals surface area (Å²) in [5, 5.41) is 25.0. The summed E-state index contributed by atoms with van der Waals surface area (Å²) in [7, 11) is 1.47. The molecule has 7 nitrogen and oxygen atoms in total. The van der Waals surface area contributed by atoms with E-state index in [1.807, 2.05) is 0 Å². The molecule has 2 rings (SSSR count). The summed E-state index contributed by atoms with van der Waals surface area (Å²) in [6.45, 7) is 3.00. The van der Waals surface area contributed by atoms with Gasteiger partial charge in [-0.3, -0.25) is 14.9 Å². The first-order valence-corrected chi connectivity index (χ1v) is 6.26. The zero-order valence-electron chi connectivity index (χ0n) is 11.9. The molecule has 0 fully saturated rings. The van der Waals surface area contributed by atoms with Crippen LogP contribution in [0.1, 0.15) is 19.4 Å². The second kappa shape index (κ2) is 5.10. The Bertz CT molecular complexity index is 760. The van der Waals surface area contributed by atoms with Crippen LogP contribution in [-0.2, 0) is 12.6 Å². The summed E-state index contributed by atoms with van der Waals surface area (Å²) in [5.41, 5.74) is -0.720. The molecule has 0 atom stereocenters. The smallest absolute Gasteiger partial charge is 0.272 e. The highest BCUT2D eigenvalue weighted by Gasteiger charge is 2.22. The lowest BCUT2D eigenvalue weighted by Crippen LogP contribution is -2.32. The molecule has 21 heavy (non-hydrogen) atoms. The monoisotopic (exact) mass is 289 g/mol. The number of hydrogen-bond acceptors (Lipinski definition) is 5. The largest absolute Gasteiger partial charge is 0.386 e. The van der Waals surface area contributed by atoms with E-state index in [2.05, 4.69) is 5.10 Å². The number of aromatic nitrogens is 2. The van der Waals surface area contributed by atoms with Crippen molar-refractivity contribution in [2.75, 3.05) is 0 Å². The highest BCUT2D eigenvalue weighted by Crippen LogP contribution is 2.24. The van der Waals surface area contributed by atoms with Crippen molar-refractivity contribution in [1.82, 2.24) is 9.78 Å². The van der Waals surface area contributed by atoms with Crippen LogP contribution in [-0.4, -0.2) is 19.8 Å². The van der Waals surface area contributed by atoms with Gasteiger partial charge in [0.1, 0.15) is 0 Å². The Hall–Kier alpha value is -2.54. The highest BCUT2D eigenvalue weighted by atomic mass is 16.6. The molecule has 0 spiro atoms. The number of aliphatic hydroxyl groups is 1. The molecule has 7 heteroatoms. The molecule has 0 amide bonds. The molecule has 0 saturated heterocycles. The van der Waals surface area contributed by atoms with Crippen LogP contribution in [0.4, 0.5) is 5.69 Å². The van der Waals surface area contributed by atoms with Crippen LogP contribution >= 0.6 is 0 Å². The van der Waals surface area contributed by atoms with Gasteiger partial charge in [0.05, 0.1) is 21.8 Å². The number of non-ortho nitro benzene ring substituents is 1. The van der Waals surface area contributed by atoms with Gasteiger partial charge in [-0.2, -0.15) is 5.10 Å². The molecular formula is C14H15N3O4. The van der Waals surface area contributed by atoms with Gasteiger partial charge in [-0.1, -0.05) is 12.1 Å². The van der Waals surface area contributed by atoms with Crippen molar-refractivity contribution in [3.63, 3.8) is 0 Å². The number of nitrogens with zero attached hydrogens (tertiary/aromatic N) is 3. The number of aryl methyl sites for hydroxylation is 1. The quantitative estimate of drug-likeness (QED) is 0.683. The van der Waals surface area contributed by atoms with Gasteiger partial charge in [0.2, 0.25) is 0 Å². The van der Waals surface area contributed by atoms with Crippen LogP contribution in [0.5, 0.6) is 0 Å². The average molecular weight is 289 g/mol. The number of hydrogen-bond donors (Lipinski definition) is 1. The molecule has 0 aliphatic carbocycles. The van der Waals surface area contributed by atoms with E-state index in [-0.39, 0.29) is 11.3 Å². The fourth-order valence-electron chi connectivity index (χ4n) is 1.97. The standard InChI is InChI=1S/C14H15N3O4/c1-14(2,19)11-8-12(15-16(3)13(11)18)9-5-4-6-10(7-9)17(20)21/h4-8,19H,1-3H3. The predicted molar refractivity (Wildman–Crippen MR) is 76.8 cm³/mol. The number of nitro benzene ring substituents is 1. The Morgan fingerprint density at radius 1 is 1.33 bits per heavy atom. The minimum Gasteiger partial charge on any atom is -0.386 e. The van der Waals surface area contributed by atoms with Gasteiger partial charge >= 0.3 is 0 Å².